The van der Waals surface area contributed by atoms with E-state index in [4.69, 9.17) is 17.3 Å². The Labute approximate surface area is 116 Å². The number of aromatic nitrogens is 2. The van der Waals surface area contributed by atoms with Crippen LogP contribution in [0, 0.1) is 0 Å². The summed E-state index contributed by atoms with van der Waals surface area (Å²) in [6.07, 6.45) is 1.73. The number of nitrogens with one attached hydrogen (secondary N) is 1. The van der Waals surface area contributed by atoms with Gasteiger partial charge in [-0.05, 0) is 18.2 Å². The van der Waals surface area contributed by atoms with Gasteiger partial charge in [-0.15, -0.1) is 0 Å². The molecule has 2 aromatic rings. The molecule has 0 aliphatic rings. The van der Waals surface area contributed by atoms with E-state index in [2.05, 4.69) is 9.82 Å². The van der Waals surface area contributed by atoms with Gasteiger partial charge < -0.3 is 5.73 Å². The van der Waals surface area contributed by atoms with E-state index in [1.165, 1.54) is 12.1 Å². The van der Waals surface area contributed by atoms with Gasteiger partial charge in [0.25, 0.3) is 0 Å². The van der Waals surface area contributed by atoms with Gasteiger partial charge in [-0.25, -0.2) is 13.1 Å². The second kappa shape index (κ2) is 5.20. The molecule has 0 saturated heterocycles. The number of sulfonamides is 1. The SMILES string of the molecule is Cn1ccc(CNS(=O)(=O)c2c(N)cccc2Cl)n1. The van der Waals surface area contributed by atoms with Crippen LogP contribution in [0.1, 0.15) is 5.69 Å². The lowest BCUT2D eigenvalue weighted by molar-refractivity contribution is 0.580. The van der Waals surface area contributed by atoms with Crippen molar-refractivity contribution in [2.24, 2.45) is 7.05 Å². The van der Waals surface area contributed by atoms with Crippen LogP contribution in [0.25, 0.3) is 0 Å². The van der Waals surface area contributed by atoms with Gasteiger partial charge >= 0.3 is 0 Å². The first-order valence-electron chi connectivity index (χ1n) is 5.42. The van der Waals surface area contributed by atoms with E-state index in [9.17, 15) is 8.42 Å². The summed E-state index contributed by atoms with van der Waals surface area (Å²) in [7, 11) is -2.01. The van der Waals surface area contributed by atoms with E-state index < -0.39 is 10.0 Å². The number of nitrogen functional groups attached to an aromatic ring is 1. The van der Waals surface area contributed by atoms with E-state index in [-0.39, 0.29) is 22.2 Å². The van der Waals surface area contributed by atoms with Crippen molar-refractivity contribution in [3.05, 3.63) is 41.2 Å². The third-order valence-corrected chi connectivity index (χ3v) is 4.42. The topological polar surface area (TPSA) is 90.0 Å². The number of hydrogen-bond donors (Lipinski definition) is 2. The van der Waals surface area contributed by atoms with E-state index in [0.717, 1.165) is 0 Å². The fraction of sp³-hybridized carbons (Fsp3) is 0.182. The van der Waals surface area contributed by atoms with Crippen LogP contribution in [0.4, 0.5) is 5.69 Å². The molecule has 1 aromatic heterocycles. The van der Waals surface area contributed by atoms with Gasteiger partial charge in [-0.1, -0.05) is 17.7 Å². The minimum Gasteiger partial charge on any atom is -0.398 e. The molecule has 0 fully saturated rings. The van der Waals surface area contributed by atoms with Crippen LogP contribution >= 0.6 is 11.6 Å². The summed E-state index contributed by atoms with van der Waals surface area (Å²) in [4.78, 5) is -0.104. The summed E-state index contributed by atoms with van der Waals surface area (Å²) < 4.78 is 28.3. The molecule has 3 N–H and O–H groups in total. The molecule has 1 heterocycles. The number of aryl methyl sites for hydroxylation is 1. The van der Waals surface area contributed by atoms with Gasteiger partial charge in [-0.2, -0.15) is 5.10 Å². The first kappa shape index (κ1) is 13.9. The number of hydrogen-bond acceptors (Lipinski definition) is 4. The van der Waals surface area contributed by atoms with Crippen molar-refractivity contribution in [1.29, 1.82) is 0 Å². The summed E-state index contributed by atoms with van der Waals surface area (Å²) in [6, 6.07) is 6.28. The lowest BCUT2D eigenvalue weighted by Gasteiger charge is -2.09. The zero-order valence-electron chi connectivity index (χ0n) is 10.2. The van der Waals surface area contributed by atoms with E-state index in [1.54, 1.807) is 30.1 Å². The molecule has 0 unspecified atom stereocenters. The van der Waals surface area contributed by atoms with Crippen LogP contribution in [0.5, 0.6) is 0 Å². The standard InChI is InChI=1S/C11H13ClN4O2S/c1-16-6-5-8(15-16)7-14-19(17,18)11-9(12)3-2-4-10(11)13/h2-6,14H,7,13H2,1H3. The van der Waals surface area contributed by atoms with Gasteiger partial charge in [0.05, 0.1) is 22.9 Å². The number of rotatable bonds is 4. The summed E-state index contributed by atoms with van der Waals surface area (Å²) in [6.45, 7) is 0.0772. The number of halogens is 1. The van der Waals surface area contributed by atoms with E-state index in [1.807, 2.05) is 0 Å². The number of anilines is 1. The highest BCUT2D eigenvalue weighted by Crippen LogP contribution is 2.26. The van der Waals surface area contributed by atoms with Gasteiger partial charge in [0, 0.05) is 13.2 Å². The van der Waals surface area contributed by atoms with Crippen molar-refractivity contribution < 1.29 is 8.42 Å². The molecule has 1 aromatic carbocycles. The average Bonchev–Trinajstić information content (AvgIpc) is 2.72. The quantitative estimate of drug-likeness (QED) is 0.828. The Balaban J connectivity index is 2.23. The number of nitrogens with two attached hydrogens (primary N) is 1. The maximum absolute atomic E-state index is 12.1. The van der Waals surface area contributed by atoms with Gasteiger partial charge in [-0.3, -0.25) is 4.68 Å². The van der Waals surface area contributed by atoms with Crippen LogP contribution in [0.2, 0.25) is 5.02 Å². The Morgan fingerprint density at radius 3 is 2.74 bits per heavy atom. The molecule has 0 radical (unpaired) electrons. The summed E-state index contributed by atoms with van der Waals surface area (Å²) in [5.74, 6) is 0. The second-order valence-corrected chi connectivity index (χ2v) is 6.07. The largest absolute Gasteiger partial charge is 0.398 e. The highest BCUT2D eigenvalue weighted by atomic mass is 35.5. The first-order chi connectivity index (χ1) is 8.90. The van der Waals surface area contributed by atoms with E-state index >= 15 is 0 Å². The Morgan fingerprint density at radius 1 is 1.42 bits per heavy atom. The van der Waals surface area contributed by atoms with Crippen LogP contribution in [0.15, 0.2) is 35.4 Å². The first-order valence-corrected chi connectivity index (χ1v) is 7.28. The maximum Gasteiger partial charge on any atom is 0.244 e. The van der Waals surface area contributed by atoms with Crippen molar-refractivity contribution >= 4 is 27.3 Å². The summed E-state index contributed by atoms with van der Waals surface area (Å²) >= 11 is 5.88. The maximum atomic E-state index is 12.1. The highest BCUT2D eigenvalue weighted by Gasteiger charge is 2.20. The third kappa shape index (κ3) is 3.06. The Kier molecular flexibility index (Phi) is 3.79. The monoisotopic (exact) mass is 300 g/mol. The van der Waals surface area contributed by atoms with Crippen LogP contribution in [-0.2, 0) is 23.6 Å². The minimum atomic E-state index is -3.77. The predicted molar refractivity (Wildman–Crippen MR) is 73.1 cm³/mol. The smallest absolute Gasteiger partial charge is 0.244 e. The zero-order valence-corrected chi connectivity index (χ0v) is 11.7. The Hall–Kier alpha value is -1.57. The molecule has 102 valence electrons. The molecule has 0 spiro atoms. The van der Waals surface area contributed by atoms with Crippen molar-refractivity contribution in [2.75, 3.05) is 5.73 Å². The van der Waals surface area contributed by atoms with Crippen molar-refractivity contribution in [1.82, 2.24) is 14.5 Å². The highest BCUT2D eigenvalue weighted by molar-refractivity contribution is 7.89. The molecule has 0 bridgehead atoms. The van der Waals surface area contributed by atoms with Crippen molar-refractivity contribution in [3.8, 4) is 0 Å². The molecule has 2 rings (SSSR count). The van der Waals surface area contributed by atoms with Crippen LogP contribution in [-0.4, -0.2) is 18.2 Å². The normalized spacial score (nSPS) is 11.7. The predicted octanol–water partition coefficient (Wildman–Crippen LogP) is 1.13. The molecule has 0 aliphatic heterocycles. The Bertz CT molecular complexity index is 676. The number of nitrogens with zero attached hydrogens (tertiary/aromatic N) is 2. The fourth-order valence-corrected chi connectivity index (χ4v) is 3.28. The molecule has 19 heavy (non-hydrogen) atoms. The summed E-state index contributed by atoms with van der Waals surface area (Å²) in [5, 5.41) is 4.17. The van der Waals surface area contributed by atoms with Gasteiger partial charge in [0.2, 0.25) is 10.0 Å². The zero-order chi connectivity index (χ0) is 14.0. The second-order valence-electron chi connectivity index (χ2n) is 3.96. The van der Waals surface area contributed by atoms with Crippen molar-refractivity contribution in [2.45, 2.75) is 11.4 Å². The molecule has 8 heteroatoms. The van der Waals surface area contributed by atoms with Gasteiger partial charge in [0.15, 0.2) is 0 Å². The molecule has 0 amide bonds. The molecular weight excluding hydrogens is 288 g/mol. The Morgan fingerprint density at radius 2 is 2.16 bits per heavy atom. The molecule has 6 nitrogen and oxygen atoms in total. The van der Waals surface area contributed by atoms with Gasteiger partial charge in [0.1, 0.15) is 4.90 Å². The molecule has 0 atom stereocenters. The fourth-order valence-electron chi connectivity index (χ4n) is 1.61. The van der Waals surface area contributed by atoms with Crippen LogP contribution in [0.3, 0.4) is 0 Å². The van der Waals surface area contributed by atoms with Crippen LogP contribution < -0.4 is 10.5 Å². The molecule has 0 aliphatic carbocycles. The van der Waals surface area contributed by atoms with E-state index in [0.29, 0.717) is 5.69 Å². The lowest BCUT2D eigenvalue weighted by Crippen LogP contribution is -2.24. The molecule has 0 saturated carbocycles. The third-order valence-electron chi connectivity index (χ3n) is 2.48. The summed E-state index contributed by atoms with van der Waals surface area (Å²) in [5.41, 5.74) is 6.38. The number of benzene rings is 1. The van der Waals surface area contributed by atoms with Crippen molar-refractivity contribution in [3.63, 3.8) is 0 Å². The minimum absolute atomic E-state index is 0.0772. The average molecular weight is 301 g/mol. The lowest BCUT2D eigenvalue weighted by atomic mass is 10.3. The molecular formula is C11H13ClN4O2S.